The molecule has 1 saturated heterocycles. The molecule has 2 heterocycles. The summed E-state index contributed by atoms with van der Waals surface area (Å²) in [4.78, 5) is 32.9. The van der Waals surface area contributed by atoms with Crippen LogP contribution >= 0.6 is 0 Å². The van der Waals surface area contributed by atoms with Crippen molar-refractivity contribution in [3.8, 4) is 0 Å². The van der Waals surface area contributed by atoms with E-state index in [0.717, 1.165) is 22.5 Å². The Kier molecular flexibility index (Phi) is 4.93. The third-order valence-corrected chi connectivity index (χ3v) is 4.90. The lowest BCUT2D eigenvalue weighted by atomic mass is 9.94. The Morgan fingerprint density at radius 1 is 1.31 bits per heavy atom. The molecule has 0 bridgehead atoms. The van der Waals surface area contributed by atoms with Gasteiger partial charge in [0.1, 0.15) is 0 Å². The van der Waals surface area contributed by atoms with E-state index in [2.05, 4.69) is 10.3 Å². The van der Waals surface area contributed by atoms with Crippen molar-refractivity contribution >= 4 is 23.2 Å². The third kappa shape index (κ3) is 3.40. The Labute approximate surface area is 153 Å². The summed E-state index contributed by atoms with van der Waals surface area (Å²) in [5.41, 5.74) is 3.80. The van der Waals surface area contributed by atoms with Crippen LogP contribution in [0.5, 0.6) is 0 Å². The lowest BCUT2D eigenvalue weighted by molar-refractivity contribution is -0.127. The van der Waals surface area contributed by atoms with Gasteiger partial charge in [-0.2, -0.15) is 0 Å². The SMILES string of the molecule is Cc1cc(NC(=O)C2CC(=O)N(C)C2c2cccnc2)ccc1N(C)C. The van der Waals surface area contributed by atoms with Crippen LogP contribution in [0.15, 0.2) is 42.7 Å². The van der Waals surface area contributed by atoms with Gasteiger partial charge in [0, 0.05) is 51.3 Å². The monoisotopic (exact) mass is 352 g/mol. The molecule has 1 aromatic heterocycles. The van der Waals surface area contributed by atoms with Crippen molar-refractivity contribution in [1.29, 1.82) is 0 Å². The molecule has 2 amide bonds. The van der Waals surface area contributed by atoms with Crippen LogP contribution in [0.2, 0.25) is 0 Å². The summed E-state index contributed by atoms with van der Waals surface area (Å²) in [6.07, 6.45) is 3.61. The average Bonchev–Trinajstić information content (AvgIpc) is 2.91. The van der Waals surface area contributed by atoms with Crippen molar-refractivity contribution in [2.75, 3.05) is 31.4 Å². The van der Waals surface area contributed by atoms with Crippen LogP contribution in [-0.2, 0) is 9.59 Å². The van der Waals surface area contributed by atoms with Crippen molar-refractivity contribution in [1.82, 2.24) is 9.88 Å². The van der Waals surface area contributed by atoms with Crippen LogP contribution in [0.1, 0.15) is 23.6 Å². The molecule has 2 atom stereocenters. The van der Waals surface area contributed by atoms with Crippen LogP contribution in [0.25, 0.3) is 0 Å². The van der Waals surface area contributed by atoms with Crippen molar-refractivity contribution in [3.05, 3.63) is 53.9 Å². The van der Waals surface area contributed by atoms with Crippen LogP contribution in [-0.4, -0.2) is 42.8 Å². The number of hydrogen-bond acceptors (Lipinski definition) is 4. The molecule has 0 radical (unpaired) electrons. The number of hydrogen-bond donors (Lipinski definition) is 1. The lowest BCUT2D eigenvalue weighted by Crippen LogP contribution is -2.30. The summed E-state index contributed by atoms with van der Waals surface area (Å²) in [7, 11) is 5.71. The van der Waals surface area contributed by atoms with E-state index in [4.69, 9.17) is 0 Å². The van der Waals surface area contributed by atoms with E-state index < -0.39 is 5.92 Å². The summed E-state index contributed by atoms with van der Waals surface area (Å²) >= 11 is 0. The average molecular weight is 352 g/mol. The number of likely N-dealkylation sites (tertiary alicyclic amines) is 1. The van der Waals surface area contributed by atoms with Crippen molar-refractivity contribution in [3.63, 3.8) is 0 Å². The highest BCUT2D eigenvalue weighted by Gasteiger charge is 2.42. The second-order valence-corrected chi connectivity index (χ2v) is 6.93. The molecular weight excluding hydrogens is 328 g/mol. The van der Waals surface area contributed by atoms with Gasteiger partial charge in [0.05, 0.1) is 12.0 Å². The maximum absolute atomic E-state index is 12.9. The van der Waals surface area contributed by atoms with Crippen molar-refractivity contribution in [2.24, 2.45) is 5.92 Å². The predicted octanol–water partition coefficient (Wildman–Crippen LogP) is 2.61. The van der Waals surface area contributed by atoms with Crippen molar-refractivity contribution < 1.29 is 9.59 Å². The topological polar surface area (TPSA) is 65.5 Å². The smallest absolute Gasteiger partial charge is 0.230 e. The number of aryl methyl sites for hydroxylation is 1. The number of carbonyl (C=O) groups is 2. The van der Waals surface area contributed by atoms with Gasteiger partial charge in [-0.1, -0.05) is 6.07 Å². The zero-order chi connectivity index (χ0) is 18.8. The first-order chi connectivity index (χ1) is 12.4. The fourth-order valence-corrected chi connectivity index (χ4v) is 3.58. The maximum Gasteiger partial charge on any atom is 0.230 e. The molecule has 0 spiro atoms. The molecule has 2 aromatic rings. The number of pyridine rings is 1. The zero-order valence-electron chi connectivity index (χ0n) is 15.6. The highest BCUT2D eigenvalue weighted by atomic mass is 16.2. The largest absolute Gasteiger partial charge is 0.377 e. The maximum atomic E-state index is 12.9. The summed E-state index contributed by atoms with van der Waals surface area (Å²) in [6, 6.07) is 9.26. The fourth-order valence-electron chi connectivity index (χ4n) is 3.58. The van der Waals surface area contributed by atoms with E-state index in [0.29, 0.717) is 0 Å². The number of amides is 2. The number of carbonyl (C=O) groups excluding carboxylic acids is 2. The van der Waals surface area contributed by atoms with E-state index in [9.17, 15) is 9.59 Å². The molecule has 1 fully saturated rings. The Balaban J connectivity index is 1.82. The van der Waals surface area contributed by atoms with E-state index in [1.807, 2.05) is 56.3 Å². The van der Waals surface area contributed by atoms with Crippen LogP contribution in [0.4, 0.5) is 11.4 Å². The number of aromatic nitrogens is 1. The number of rotatable bonds is 4. The molecule has 136 valence electrons. The molecule has 3 rings (SSSR count). The highest BCUT2D eigenvalue weighted by molar-refractivity contribution is 5.98. The van der Waals surface area contributed by atoms with Gasteiger partial charge in [-0.3, -0.25) is 14.6 Å². The number of anilines is 2. The summed E-state index contributed by atoms with van der Waals surface area (Å²) < 4.78 is 0. The van der Waals surface area contributed by atoms with E-state index in [-0.39, 0.29) is 24.3 Å². The van der Waals surface area contributed by atoms with Crippen LogP contribution in [0, 0.1) is 12.8 Å². The number of nitrogens with one attached hydrogen (secondary N) is 1. The second kappa shape index (κ2) is 7.15. The molecule has 6 heteroatoms. The minimum atomic E-state index is -0.439. The first kappa shape index (κ1) is 17.9. The van der Waals surface area contributed by atoms with Gasteiger partial charge in [-0.25, -0.2) is 0 Å². The molecule has 1 N–H and O–H groups in total. The Hall–Kier alpha value is -2.89. The lowest BCUT2D eigenvalue weighted by Gasteiger charge is -2.24. The first-order valence-electron chi connectivity index (χ1n) is 8.63. The summed E-state index contributed by atoms with van der Waals surface area (Å²) in [6.45, 7) is 2.01. The molecule has 1 aliphatic heterocycles. The van der Waals surface area contributed by atoms with Crippen LogP contribution < -0.4 is 10.2 Å². The second-order valence-electron chi connectivity index (χ2n) is 6.93. The van der Waals surface area contributed by atoms with E-state index in [1.165, 1.54) is 0 Å². The Morgan fingerprint density at radius 2 is 2.08 bits per heavy atom. The summed E-state index contributed by atoms with van der Waals surface area (Å²) in [5, 5.41) is 2.97. The Morgan fingerprint density at radius 3 is 2.69 bits per heavy atom. The van der Waals surface area contributed by atoms with Gasteiger partial charge < -0.3 is 15.1 Å². The van der Waals surface area contributed by atoms with Gasteiger partial charge in [-0.15, -0.1) is 0 Å². The number of nitrogens with zero attached hydrogens (tertiary/aromatic N) is 3. The molecule has 2 unspecified atom stereocenters. The molecule has 6 nitrogen and oxygen atoms in total. The van der Waals surface area contributed by atoms with Crippen LogP contribution in [0.3, 0.4) is 0 Å². The molecule has 0 saturated carbocycles. The first-order valence-corrected chi connectivity index (χ1v) is 8.63. The van der Waals surface area contributed by atoms with Gasteiger partial charge >= 0.3 is 0 Å². The van der Waals surface area contributed by atoms with Gasteiger partial charge in [0.15, 0.2) is 0 Å². The summed E-state index contributed by atoms with van der Waals surface area (Å²) in [5.74, 6) is -0.614. The quantitative estimate of drug-likeness (QED) is 0.919. The van der Waals surface area contributed by atoms with Gasteiger partial charge in [-0.05, 0) is 42.3 Å². The van der Waals surface area contributed by atoms with Gasteiger partial charge in [0.25, 0.3) is 0 Å². The minimum absolute atomic E-state index is 0.0295. The molecule has 0 aliphatic carbocycles. The molecular formula is C20H24N4O2. The number of benzene rings is 1. The highest BCUT2D eigenvalue weighted by Crippen LogP contribution is 2.37. The standard InChI is InChI=1S/C20H24N4O2/c1-13-10-15(7-8-17(13)23(2)3)22-20(26)16-11-18(25)24(4)19(16)14-6-5-9-21-12-14/h5-10,12,16,19H,11H2,1-4H3,(H,22,26). The molecule has 1 aliphatic rings. The predicted molar refractivity (Wildman–Crippen MR) is 102 cm³/mol. The third-order valence-electron chi connectivity index (χ3n) is 4.90. The zero-order valence-corrected chi connectivity index (χ0v) is 15.6. The van der Waals surface area contributed by atoms with Crippen molar-refractivity contribution in [2.45, 2.75) is 19.4 Å². The Bertz CT molecular complexity index is 820. The van der Waals surface area contributed by atoms with E-state index >= 15 is 0 Å². The fraction of sp³-hybridized carbons (Fsp3) is 0.350. The molecule has 26 heavy (non-hydrogen) atoms. The normalized spacial score (nSPS) is 19.5. The molecule has 1 aromatic carbocycles. The minimum Gasteiger partial charge on any atom is -0.377 e. The van der Waals surface area contributed by atoms with E-state index in [1.54, 1.807) is 24.3 Å². The van der Waals surface area contributed by atoms with Gasteiger partial charge in [0.2, 0.25) is 11.8 Å².